The van der Waals surface area contributed by atoms with Crippen LogP contribution in [0.2, 0.25) is 0 Å². The Hall–Kier alpha value is -2.74. The van der Waals surface area contributed by atoms with E-state index in [9.17, 15) is 18.0 Å². The van der Waals surface area contributed by atoms with Gasteiger partial charge in [0.1, 0.15) is 24.2 Å². The molecule has 0 heterocycles. The fourth-order valence-corrected chi connectivity index (χ4v) is 2.67. The number of methoxy groups -OCH3 is 2. The maximum atomic E-state index is 12.4. The monoisotopic (exact) mass is 411 g/mol. The second kappa shape index (κ2) is 10.2. The van der Waals surface area contributed by atoms with Crippen molar-refractivity contribution in [3.05, 3.63) is 59.7 Å². The molecule has 158 valence electrons. The van der Waals surface area contributed by atoms with Crippen molar-refractivity contribution in [2.45, 2.75) is 31.7 Å². The minimum Gasteiger partial charge on any atom is -0.497 e. The molecule has 1 N–H and O–H groups in total. The Balaban J connectivity index is 2.15. The normalized spacial score (nSPS) is 13.4. The third-order valence-electron chi connectivity index (χ3n) is 4.30. The Bertz CT molecular complexity index is 776. The first-order valence-electron chi connectivity index (χ1n) is 8.97. The van der Waals surface area contributed by atoms with Gasteiger partial charge in [0.15, 0.2) is 0 Å². The summed E-state index contributed by atoms with van der Waals surface area (Å²) in [6, 6.07) is 14.0. The number of hydrogen-bond acceptors (Lipinski definition) is 4. The van der Waals surface area contributed by atoms with Crippen LogP contribution in [-0.2, 0) is 16.0 Å². The number of halogens is 3. The molecule has 0 aliphatic rings. The van der Waals surface area contributed by atoms with Crippen molar-refractivity contribution >= 4 is 5.91 Å². The molecular weight excluding hydrogens is 387 g/mol. The average Bonchev–Trinajstić information content (AvgIpc) is 2.71. The van der Waals surface area contributed by atoms with Gasteiger partial charge in [0, 0.05) is 0 Å². The molecule has 0 aromatic heterocycles. The van der Waals surface area contributed by atoms with E-state index < -0.39 is 30.8 Å². The van der Waals surface area contributed by atoms with E-state index in [0.717, 1.165) is 11.1 Å². The number of rotatable bonds is 9. The standard InChI is InChI=1S/C21H24F3NO4/c1-14(29-13-21(22,23)24)20(26)25-19(16-6-10-18(28-3)11-7-16)12-15-4-8-17(27-2)9-5-15/h4-11,14,19H,12-13H2,1-3H3,(H,25,26)/t14-,19-/m1/s1. The van der Waals surface area contributed by atoms with E-state index in [-0.39, 0.29) is 0 Å². The summed E-state index contributed by atoms with van der Waals surface area (Å²) < 4.78 is 52.0. The molecule has 2 rings (SSSR count). The predicted octanol–water partition coefficient (Wildman–Crippen LogP) is 4.07. The molecule has 0 spiro atoms. The lowest BCUT2D eigenvalue weighted by Crippen LogP contribution is -2.39. The second-order valence-electron chi connectivity index (χ2n) is 6.45. The molecule has 0 radical (unpaired) electrons. The molecule has 0 unspecified atom stereocenters. The van der Waals surface area contributed by atoms with Crippen LogP contribution < -0.4 is 14.8 Å². The van der Waals surface area contributed by atoms with Crippen LogP contribution in [0.4, 0.5) is 13.2 Å². The maximum Gasteiger partial charge on any atom is 0.411 e. The van der Waals surface area contributed by atoms with Gasteiger partial charge in [-0.15, -0.1) is 0 Å². The van der Waals surface area contributed by atoms with E-state index in [4.69, 9.17) is 9.47 Å². The Labute approximate surface area is 167 Å². The Morgan fingerprint density at radius 2 is 1.48 bits per heavy atom. The molecule has 8 heteroatoms. The number of benzene rings is 2. The number of nitrogens with one attached hydrogen (secondary N) is 1. The molecule has 0 aliphatic carbocycles. The molecule has 5 nitrogen and oxygen atoms in total. The summed E-state index contributed by atoms with van der Waals surface area (Å²) >= 11 is 0. The zero-order valence-electron chi connectivity index (χ0n) is 16.5. The minimum absolute atomic E-state index is 0.439. The molecule has 2 atom stereocenters. The van der Waals surface area contributed by atoms with Crippen LogP contribution in [0.25, 0.3) is 0 Å². The molecular formula is C21H24F3NO4. The zero-order valence-corrected chi connectivity index (χ0v) is 16.5. The molecule has 29 heavy (non-hydrogen) atoms. The molecule has 1 amide bonds. The first-order chi connectivity index (χ1) is 13.7. The highest BCUT2D eigenvalue weighted by Crippen LogP contribution is 2.23. The highest BCUT2D eigenvalue weighted by molar-refractivity contribution is 5.80. The summed E-state index contributed by atoms with van der Waals surface area (Å²) in [5, 5.41) is 2.78. The summed E-state index contributed by atoms with van der Waals surface area (Å²) in [4.78, 5) is 12.4. The van der Waals surface area contributed by atoms with E-state index in [1.807, 2.05) is 12.1 Å². The summed E-state index contributed by atoms with van der Waals surface area (Å²) in [7, 11) is 3.11. The van der Waals surface area contributed by atoms with Gasteiger partial charge in [-0.3, -0.25) is 4.79 Å². The molecule has 2 aromatic rings. The van der Waals surface area contributed by atoms with Crippen LogP contribution in [-0.4, -0.2) is 39.0 Å². The van der Waals surface area contributed by atoms with Gasteiger partial charge in [-0.1, -0.05) is 24.3 Å². The largest absolute Gasteiger partial charge is 0.497 e. The number of carbonyl (C=O) groups is 1. The molecule has 0 fully saturated rings. The van der Waals surface area contributed by atoms with Gasteiger partial charge in [0.25, 0.3) is 0 Å². The zero-order chi connectivity index (χ0) is 21.4. The minimum atomic E-state index is -4.49. The molecule has 0 aliphatic heterocycles. The average molecular weight is 411 g/mol. The Kier molecular flexibility index (Phi) is 7.90. The van der Waals surface area contributed by atoms with Gasteiger partial charge in [-0.25, -0.2) is 0 Å². The number of alkyl halides is 3. The van der Waals surface area contributed by atoms with E-state index in [1.165, 1.54) is 6.92 Å². The summed E-state index contributed by atoms with van der Waals surface area (Å²) in [6.45, 7) is -0.188. The first kappa shape index (κ1) is 22.5. The quantitative estimate of drug-likeness (QED) is 0.676. The van der Waals surface area contributed by atoms with Gasteiger partial charge in [0.05, 0.1) is 20.3 Å². The van der Waals surface area contributed by atoms with Crippen molar-refractivity contribution in [2.75, 3.05) is 20.8 Å². The van der Waals surface area contributed by atoms with Gasteiger partial charge in [0.2, 0.25) is 5.91 Å². The Morgan fingerprint density at radius 1 is 0.966 bits per heavy atom. The molecule has 2 aromatic carbocycles. The Morgan fingerprint density at radius 3 is 1.97 bits per heavy atom. The van der Waals surface area contributed by atoms with Crippen molar-refractivity contribution in [3.8, 4) is 11.5 Å². The van der Waals surface area contributed by atoms with E-state index >= 15 is 0 Å². The predicted molar refractivity (Wildman–Crippen MR) is 102 cm³/mol. The van der Waals surface area contributed by atoms with E-state index in [1.54, 1.807) is 50.6 Å². The summed E-state index contributed by atoms with van der Waals surface area (Å²) in [6.07, 6.45) is -5.30. The highest BCUT2D eigenvalue weighted by atomic mass is 19.4. The molecule has 0 bridgehead atoms. The van der Waals surface area contributed by atoms with Crippen molar-refractivity contribution in [1.82, 2.24) is 5.32 Å². The van der Waals surface area contributed by atoms with E-state index in [2.05, 4.69) is 10.1 Å². The van der Waals surface area contributed by atoms with Crippen LogP contribution in [0.3, 0.4) is 0 Å². The number of amides is 1. The topological polar surface area (TPSA) is 56.8 Å². The third-order valence-corrected chi connectivity index (χ3v) is 4.30. The fourth-order valence-electron chi connectivity index (χ4n) is 2.67. The van der Waals surface area contributed by atoms with Crippen molar-refractivity contribution < 1.29 is 32.2 Å². The lowest BCUT2D eigenvalue weighted by atomic mass is 9.98. The lowest BCUT2D eigenvalue weighted by molar-refractivity contribution is -0.185. The van der Waals surface area contributed by atoms with Crippen LogP contribution in [0, 0.1) is 0 Å². The van der Waals surface area contributed by atoms with Crippen molar-refractivity contribution in [1.29, 1.82) is 0 Å². The molecule has 0 saturated heterocycles. The van der Waals surface area contributed by atoms with Gasteiger partial charge >= 0.3 is 6.18 Å². The number of hydrogen-bond donors (Lipinski definition) is 1. The van der Waals surface area contributed by atoms with Crippen LogP contribution >= 0.6 is 0 Å². The third kappa shape index (κ3) is 7.30. The molecule has 0 saturated carbocycles. The lowest BCUT2D eigenvalue weighted by Gasteiger charge is -2.22. The number of carbonyl (C=O) groups excluding carboxylic acids is 1. The maximum absolute atomic E-state index is 12.4. The van der Waals surface area contributed by atoms with Crippen molar-refractivity contribution in [2.24, 2.45) is 0 Å². The summed E-state index contributed by atoms with van der Waals surface area (Å²) in [5.74, 6) is 0.738. The fraction of sp³-hybridized carbons (Fsp3) is 0.381. The van der Waals surface area contributed by atoms with Gasteiger partial charge < -0.3 is 19.5 Å². The highest BCUT2D eigenvalue weighted by Gasteiger charge is 2.30. The smallest absolute Gasteiger partial charge is 0.411 e. The van der Waals surface area contributed by atoms with Gasteiger partial charge in [-0.2, -0.15) is 13.2 Å². The van der Waals surface area contributed by atoms with Crippen LogP contribution in [0.1, 0.15) is 24.1 Å². The summed E-state index contributed by atoms with van der Waals surface area (Å²) in [5.41, 5.74) is 1.72. The first-order valence-corrected chi connectivity index (χ1v) is 8.97. The van der Waals surface area contributed by atoms with Crippen LogP contribution in [0.15, 0.2) is 48.5 Å². The second-order valence-corrected chi connectivity index (χ2v) is 6.45. The van der Waals surface area contributed by atoms with Gasteiger partial charge in [-0.05, 0) is 48.7 Å². The van der Waals surface area contributed by atoms with Crippen molar-refractivity contribution in [3.63, 3.8) is 0 Å². The van der Waals surface area contributed by atoms with E-state index in [0.29, 0.717) is 17.9 Å². The number of ether oxygens (including phenoxy) is 3. The SMILES string of the molecule is COc1ccc(C[C@@H](NC(=O)[C@@H](C)OCC(F)(F)F)c2ccc(OC)cc2)cc1. The van der Waals surface area contributed by atoms with Crippen LogP contribution in [0.5, 0.6) is 11.5 Å².